The van der Waals surface area contributed by atoms with E-state index in [1.54, 1.807) is 11.3 Å². The first kappa shape index (κ1) is 22.2. The van der Waals surface area contributed by atoms with Crippen molar-refractivity contribution >= 4 is 22.9 Å². The van der Waals surface area contributed by atoms with Gasteiger partial charge in [0.15, 0.2) is 5.82 Å². The van der Waals surface area contributed by atoms with E-state index in [2.05, 4.69) is 79.2 Å². The molecule has 8 heteroatoms. The Hall–Kier alpha value is -2.58. The Balaban J connectivity index is 1.30. The van der Waals surface area contributed by atoms with Crippen LogP contribution < -0.4 is 0 Å². The van der Waals surface area contributed by atoms with Crippen molar-refractivity contribution in [2.24, 2.45) is 0 Å². The predicted molar refractivity (Wildman–Crippen MR) is 132 cm³/mol. The summed E-state index contributed by atoms with van der Waals surface area (Å²) in [5.74, 6) is 0.924. The molecule has 0 spiro atoms. The maximum absolute atomic E-state index is 6.39. The molecule has 2 aromatic heterocycles. The fourth-order valence-electron chi connectivity index (χ4n) is 4.41. The quantitative estimate of drug-likeness (QED) is 0.372. The molecular weight excluding hydrogens is 452 g/mol. The van der Waals surface area contributed by atoms with E-state index < -0.39 is 0 Å². The number of piperazine rings is 1. The minimum absolute atomic E-state index is 0.0678. The first-order chi connectivity index (χ1) is 16.3. The van der Waals surface area contributed by atoms with Gasteiger partial charge in [0, 0.05) is 49.2 Å². The first-order valence-electron chi connectivity index (χ1n) is 11.3. The molecule has 4 aromatic rings. The molecule has 2 aromatic carbocycles. The highest BCUT2D eigenvalue weighted by atomic mass is 35.5. The number of thiophene rings is 1. The van der Waals surface area contributed by atoms with E-state index in [-0.39, 0.29) is 6.04 Å². The van der Waals surface area contributed by atoms with Crippen LogP contribution in [0.5, 0.6) is 0 Å². The Morgan fingerprint density at radius 1 is 0.909 bits per heavy atom. The molecule has 0 unspecified atom stereocenters. The minimum atomic E-state index is 0.0678. The summed E-state index contributed by atoms with van der Waals surface area (Å²) in [6.45, 7) is 5.53. The molecule has 1 aliphatic rings. The topological polar surface area (TPSA) is 50.1 Å². The second-order valence-electron chi connectivity index (χ2n) is 8.32. The number of aromatic nitrogens is 4. The Bertz CT molecular complexity index is 1140. The van der Waals surface area contributed by atoms with Crippen molar-refractivity contribution in [1.82, 2.24) is 30.0 Å². The van der Waals surface area contributed by atoms with Gasteiger partial charge in [0.05, 0.1) is 0 Å². The van der Waals surface area contributed by atoms with Crippen LogP contribution in [0.3, 0.4) is 0 Å². The molecule has 0 bridgehead atoms. The summed E-state index contributed by atoms with van der Waals surface area (Å²) in [6, 6.07) is 23.0. The van der Waals surface area contributed by atoms with E-state index in [1.165, 1.54) is 16.0 Å². The van der Waals surface area contributed by atoms with Crippen molar-refractivity contribution in [3.63, 3.8) is 0 Å². The van der Waals surface area contributed by atoms with Crippen molar-refractivity contribution in [3.05, 3.63) is 99.0 Å². The van der Waals surface area contributed by atoms with Gasteiger partial charge in [0.2, 0.25) is 0 Å². The normalized spacial score (nSPS) is 16.2. The van der Waals surface area contributed by atoms with Gasteiger partial charge in [-0.05, 0) is 45.5 Å². The van der Waals surface area contributed by atoms with Crippen molar-refractivity contribution in [2.75, 3.05) is 26.2 Å². The van der Waals surface area contributed by atoms with Crippen LogP contribution in [-0.2, 0) is 19.5 Å². The number of hydrogen-bond donors (Lipinski definition) is 0. The molecule has 0 saturated carbocycles. The first-order valence-corrected chi connectivity index (χ1v) is 12.6. The molecule has 1 fully saturated rings. The van der Waals surface area contributed by atoms with Gasteiger partial charge in [-0.15, -0.1) is 16.4 Å². The van der Waals surface area contributed by atoms with E-state index in [4.69, 9.17) is 11.6 Å². The smallest absolute Gasteiger partial charge is 0.173 e. The van der Waals surface area contributed by atoms with Gasteiger partial charge in [0.25, 0.3) is 0 Å². The molecule has 1 atom stereocenters. The van der Waals surface area contributed by atoms with Crippen molar-refractivity contribution < 1.29 is 0 Å². The molecule has 1 saturated heterocycles. The maximum atomic E-state index is 6.39. The summed E-state index contributed by atoms with van der Waals surface area (Å²) in [5.41, 5.74) is 2.48. The molecule has 0 radical (unpaired) electrons. The molecule has 0 amide bonds. The lowest BCUT2D eigenvalue weighted by atomic mass is 10.1. The van der Waals surface area contributed by atoms with Gasteiger partial charge in [-0.2, -0.15) is 0 Å². The zero-order valence-corrected chi connectivity index (χ0v) is 20.0. The average molecular weight is 479 g/mol. The van der Waals surface area contributed by atoms with Gasteiger partial charge in [-0.25, -0.2) is 4.68 Å². The highest BCUT2D eigenvalue weighted by molar-refractivity contribution is 7.10. The van der Waals surface area contributed by atoms with Crippen LogP contribution in [0, 0.1) is 0 Å². The SMILES string of the molecule is Clc1ccccc1CN1CCN([C@@H](c2cccs2)c2nnnn2CCc2ccccc2)CC1. The van der Waals surface area contributed by atoms with Crippen molar-refractivity contribution in [3.8, 4) is 0 Å². The summed E-state index contributed by atoms with van der Waals surface area (Å²) in [5, 5.41) is 15.9. The van der Waals surface area contributed by atoms with Gasteiger partial charge in [0.1, 0.15) is 6.04 Å². The lowest BCUT2D eigenvalue weighted by molar-refractivity contribution is 0.101. The summed E-state index contributed by atoms with van der Waals surface area (Å²) in [7, 11) is 0. The second kappa shape index (κ2) is 10.6. The molecule has 5 rings (SSSR count). The molecule has 6 nitrogen and oxygen atoms in total. The number of aryl methyl sites for hydroxylation is 2. The zero-order valence-electron chi connectivity index (χ0n) is 18.4. The molecule has 33 heavy (non-hydrogen) atoms. The second-order valence-corrected chi connectivity index (χ2v) is 9.70. The summed E-state index contributed by atoms with van der Waals surface area (Å²) in [6.07, 6.45) is 0.904. The van der Waals surface area contributed by atoms with Gasteiger partial charge >= 0.3 is 0 Å². The van der Waals surface area contributed by atoms with E-state index in [0.717, 1.165) is 56.5 Å². The Labute approximate surface area is 203 Å². The van der Waals surface area contributed by atoms with E-state index >= 15 is 0 Å². The average Bonchev–Trinajstić information content (AvgIpc) is 3.54. The van der Waals surface area contributed by atoms with Crippen molar-refractivity contribution in [1.29, 1.82) is 0 Å². The van der Waals surface area contributed by atoms with Crippen LogP contribution in [0.15, 0.2) is 72.1 Å². The molecule has 0 aliphatic carbocycles. The number of hydrogen-bond acceptors (Lipinski definition) is 6. The van der Waals surface area contributed by atoms with E-state index in [9.17, 15) is 0 Å². The third-order valence-electron chi connectivity index (χ3n) is 6.20. The predicted octanol–water partition coefficient (Wildman–Crippen LogP) is 4.54. The van der Waals surface area contributed by atoms with Gasteiger partial charge in [-0.1, -0.05) is 66.2 Å². The lowest BCUT2D eigenvalue weighted by Gasteiger charge is -2.38. The third-order valence-corrected chi connectivity index (χ3v) is 7.49. The number of rotatable bonds is 8. The number of tetrazole rings is 1. The number of halogens is 1. The molecule has 1 aliphatic heterocycles. The van der Waals surface area contributed by atoms with Crippen LogP contribution >= 0.6 is 22.9 Å². The van der Waals surface area contributed by atoms with Crippen LogP contribution in [-0.4, -0.2) is 56.2 Å². The van der Waals surface area contributed by atoms with E-state index in [1.807, 2.05) is 22.9 Å². The molecular formula is C25H27ClN6S. The lowest BCUT2D eigenvalue weighted by Crippen LogP contribution is -2.47. The van der Waals surface area contributed by atoms with Crippen LogP contribution in [0.2, 0.25) is 5.02 Å². The standard InChI is InChI=1S/C25H27ClN6S/c26-22-10-5-4-9-21(22)19-30-14-16-31(17-15-30)24(23-11-6-18-33-23)25-27-28-29-32(25)13-12-20-7-2-1-3-8-20/h1-11,18,24H,12-17,19H2/t24-/m0/s1. The van der Waals surface area contributed by atoms with Crippen LogP contribution in [0.1, 0.15) is 27.9 Å². The molecule has 0 N–H and O–H groups in total. The fourth-order valence-corrected chi connectivity index (χ4v) is 5.46. The largest absolute Gasteiger partial charge is 0.296 e. The Morgan fingerprint density at radius 3 is 2.45 bits per heavy atom. The van der Waals surface area contributed by atoms with E-state index in [0.29, 0.717) is 0 Å². The minimum Gasteiger partial charge on any atom is -0.296 e. The Morgan fingerprint density at radius 2 is 1.70 bits per heavy atom. The molecule has 170 valence electrons. The highest BCUT2D eigenvalue weighted by Gasteiger charge is 2.31. The number of nitrogens with zero attached hydrogens (tertiary/aromatic N) is 6. The van der Waals surface area contributed by atoms with Gasteiger partial charge < -0.3 is 0 Å². The van der Waals surface area contributed by atoms with Gasteiger partial charge in [-0.3, -0.25) is 9.80 Å². The summed E-state index contributed by atoms with van der Waals surface area (Å²) < 4.78 is 1.98. The monoisotopic (exact) mass is 478 g/mol. The zero-order chi connectivity index (χ0) is 22.5. The third kappa shape index (κ3) is 5.33. The summed E-state index contributed by atoms with van der Waals surface area (Å²) >= 11 is 8.16. The van der Waals surface area contributed by atoms with Crippen molar-refractivity contribution in [2.45, 2.75) is 25.6 Å². The Kier molecular flexibility index (Phi) is 7.12. The highest BCUT2D eigenvalue weighted by Crippen LogP contribution is 2.31. The van der Waals surface area contributed by atoms with Crippen LogP contribution in [0.4, 0.5) is 0 Å². The number of benzene rings is 2. The van der Waals surface area contributed by atoms with Crippen LogP contribution in [0.25, 0.3) is 0 Å². The summed E-state index contributed by atoms with van der Waals surface area (Å²) in [4.78, 5) is 6.27. The molecule has 3 heterocycles. The fraction of sp³-hybridized carbons (Fsp3) is 0.320. The maximum Gasteiger partial charge on any atom is 0.173 e.